The maximum absolute atomic E-state index is 12.9. The van der Waals surface area contributed by atoms with E-state index in [-0.39, 0.29) is 5.82 Å². The highest BCUT2D eigenvalue weighted by Gasteiger charge is 2.14. The minimum atomic E-state index is -0.207. The first-order chi connectivity index (χ1) is 8.72. The summed E-state index contributed by atoms with van der Waals surface area (Å²) in [5.74, 6) is -0.207. The third-order valence-corrected chi connectivity index (χ3v) is 4.35. The molecule has 0 saturated heterocycles. The summed E-state index contributed by atoms with van der Waals surface area (Å²) in [5.41, 5.74) is 9.70. The Bertz CT molecular complexity index is 578. The van der Waals surface area contributed by atoms with Gasteiger partial charge >= 0.3 is 0 Å². The van der Waals surface area contributed by atoms with Gasteiger partial charge in [0.25, 0.3) is 0 Å². The Morgan fingerprint density at radius 2 is 1.67 bits per heavy atom. The lowest BCUT2D eigenvalue weighted by Crippen LogP contribution is -1.92. The topological polar surface area (TPSA) is 26.0 Å². The van der Waals surface area contributed by atoms with Gasteiger partial charge in [0.05, 0.1) is 0 Å². The molecule has 0 fully saturated rings. The predicted octanol–water partition coefficient (Wildman–Crippen LogP) is 4.05. The number of aryl methyl sites for hydroxylation is 2. The molecule has 0 spiro atoms. The minimum Gasteiger partial charge on any atom is -0.398 e. The van der Waals surface area contributed by atoms with Crippen LogP contribution in [0.3, 0.4) is 0 Å². The van der Waals surface area contributed by atoms with Crippen LogP contribution >= 0.6 is 11.8 Å². The summed E-state index contributed by atoms with van der Waals surface area (Å²) in [7, 11) is 0. The molecule has 0 heterocycles. The van der Waals surface area contributed by atoms with E-state index in [1.165, 1.54) is 29.7 Å². The lowest BCUT2D eigenvalue weighted by Gasteiger charge is -2.09. The number of fused-ring (bicyclic) bond motifs is 1. The molecule has 2 aromatic rings. The molecule has 3 rings (SSSR count). The van der Waals surface area contributed by atoms with Gasteiger partial charge in [-0.15, -0.1) is 0 Å². The fourth-order valence-electron chi connectivity index (χ4n) is 2.34. The second-order valence-electron chi connectivity index (χ2n) is 4.57. The summed E-state index contributed by atoms with van der Waals surface area (Å²) < 4.78 is 12.9. The Kier molecular flexibility index (Phi) is 3.00. The zero-order valence-electron chi connectivity index (χ0n) is 9.95. The Labute approximate surface area is 110 Å². The number of benzene rings is 2. The van der Waals surface area contributed by atoms with Crippen molar-refractivity contribution >= 4 is 17.4 Å². The molecule has 1 aliphatic carbocycles. The van der Waals surface area contributed by atoms with Crippen LogP contribution in [-0.4, -0.2) is 0 Å². The first-order valence-corrected chi connectivity index (χ1v) is 6.89. The molecule has 92 valence electrons. The van der Waals surface area contributed by atoms with Gasteiger partial charge in [0, 0.05) is 15.5 Å². The van der Waals surface area contributed by atoms with E-state index in [0.29, 0.717) is 0 Å². The second-order valence-corrected chi connectivity index (χ2v) is 5.68. The summed E-state index contributed by atoms with van der Waals surface area (Å²) in [5, 5.41) is 0. The highest BCUT2D eigenvalue weighted by Crippen LogP contribution is 2.36. The van der Waals surface area contributed by atoms with Crippen LogP contribution in [0.4, 0.5) is 10.1 Å². The smallest absolute Gasteiger partial charge is 0.123 e. The number of rotatable bonds is 2. The van der Waals surface area contributed by atoms with E-state index in [1.807, 2.05) is 0 Å². The molecule has 0 saturated carbocycles. The standard InChI is InChI=1S/C15H14FNS/c16-12-4-6-13(7-5-12)18-15-9-11-3-1-2-10(11)8-14(15)17/h4-9H,1-3,17H2. The van der Waals surface area contributed by atoms with E-state index < -0.39 is 0 Å². The summed E-state index contributed by atoms with van der Waals surface area (Å²) in [6.45, 7) is 0. The lowest BCUT2D eigenvalue weighted by atomic mass is 10.1. The summed E-state index contributed by atoms with van der Waals surface area (Å²) >= 11 is 1.60. The largest absolute Gasteiger partial charge is 0.398 e. The van der Waals surface area contributed by atoms with E-state index in [2.05, 4.69) is 12.1 Å². The molecule has 0 atom stereocenters. The van der Waals surface area contributed by atoms with Crippen molar-refractivity contribution in [1.29, 1.82) is 0 Å². The van der Waals surface area contributed by atoms with E-state index >= 15 is 0 Å². The zero-order valence-corrected chi connectivity index (χ0v) is 10.8. The molecular weight excluding hydrogens is 245 g/mol. The molecule has 0 amide bonds. The van der Waals surface area contributed by atoms with Gasteiger partial charge in [0.1, 0.15) is 5.82 Å². The average molecular weight is 259 g/mol. The first-order valence-electron chi connectivity index (χ1n) is 6.07. The Morgan fingerprint density at radius 1 is 1.00 bits per heavy atom. The number of halogens is 1. The van der Waals surface area contributed by atoms with Crippen molar-refractivity contribution in [2.24, 2.45) is 0 Å². The van der Waals surface area contributed by atoms with E-state index in [4.69, 9.17) is 5.73 Å². The fraction of sp³-hybridized carbons (Fsp3) is 0.200. The molecule has 0 bridgehead atoms. The molecule has 2 aromatic carbocycles. The quantitative estimate of drug-likeness (QED) is 0.823. The van der Waals surface area contributed by atoms with Crippen LogP contribution in [0.1, 0.15) is 17.5 Å². The van der Waals surface area contributed by atoms with E-state index in [0.717, 1.165) is 28.3 Å². The van der Waals surface area contributed by atoms with Gasteiger partial charge in [-0.3, -0.25) is 0 Å². The van der Waals surface area contributed by atoms with Crippen LogP contribution in [0.2, 0.25) is 0 Å². The van der Waals surface area contributed by atoms with Gasteiger partial charge in [-0.25, -0.2) is 4.39 Å². The van der Waals surface area contributed by atoms with Gasteiger partial charge in [-0.05, 0) is 66.8 Å². The van der Waals surface area contributed by atoms with Crippen LogP contribution in [0, 0.1) is 5.82 Å². The molecule has 0 aromatic heterocycles. The molecule has 18 heavy (non-hydrogen) atoms. The number of nitrogens with two attached hydrogens (primary N) is 1. The van der Waals surface area contributed by atoms with Crippen LogP contribution in [-0.2, 0) is 12.8 Å². The molecule has 1 nitrogen and oxygen atoms in total. The van der Waals surface area contributed by atoms with Crippen molar-refractivity contribution in [1.82, 2.24) is 0 Å². The molecule has 0 radical (unpaired) electrons. The van der Waals surface area contributed by atoms with Crippen molar-refractivity contribution in [2.45, 2.75) is 29.1 Å². The van der Waals surface area contributed by atoms with Crippen LogP contribution < -0.4 is 5.73 Å². The Balaban J connectivity index is 1.90. The molecule has 0 aliphatic heterocycles. The summed E-state index contributed by atoms with van der Waals surface area (Å²) in [6.07, 6.45) is 3.51. The van der Waals surface area contributed by atoms with Crippen LogP contribution in [0.5, 0.6) is 0 Å². The summed E-state index contributed by atoms with van der Waals surface area (Å²) in [6, 6.07) is 10.8. The van der Waals surface area contributed by atoms with Crippen molar-refractivity contribution in [3.05, 3.63) is 53.3 Å². The zero-order chi connectivity index (χ0) is 12.5. The van der Waals surface area contributed by atoms with Gasteiger partial charge < -0.3 is 5.73 Å². The highest BCUT2D eigenvalue weighted by molar-refractivity contribution is 7.99. The number of hydrogen-bond donors (Lipinski definition) is 1. The Hall–Kier alpha value is -1.48. The van der Waals surface area contributed by atoms with Crippen molar-refractivity contribution in [2.75, 3.05) is 5.73 Å². The lowest BCUT2D eigenvalue weighted by molar-refractivity contribution is 0.626. The normalized spacial score (nSPS) is 13.6. The van der Waals surface area contributed by atoms with Crippen molar-refractivity contribution in [3.63, 3.8) is 0 Å². The SMILES string of the molecule is Nc1cc2c(cc1Sc1ccc(F)cc1)CCC2. The second kappa shape index (κ2) is 4.65. The third kappa shape index (κ3) is 2.23. The summed E-state index contributed by atoms with van der Waals surface area (Å²) in [4.78, 5) is 2.09. The van der Waals surface area contributed by atoms with Gasteiger partial charge in [0.15, 0.2) is 0 Å². The average Bonchev–Trinajstić information content (AvgIpc) is 2.79. The van der Waals surface area contributed by atoms with Crippen LogP contribution in [0.25, 0.3) is 0 Å². The fourth-order valence-corrected chi connectivity index (χ4v) is 3.24. The van der Waals surface area contributed by atoms with Gasteiger partial charge in [-0.2, -0.15) is 0 Å². The molecule has 0 unspecified atom stereocenters. The number of anilines is 1. The molecule has 3 heteroatoms. The van der Waals surface area contributed by atoms with Crippen molar-refractivity contribution in [3.8, 4) is 0 Å². The van der Waals surface area contributed by atoms with Crippen LogP contribution in [0.15, 0.2) is 46.2 Å². The highest BCUT2D eigenvalue weighted by atomic mass is 32.2. The first kappa shape index (κ1) is 11.6. The minimum absolute atomic E-state index is 0.207. The van der Waals surface area contributed by atoms with Crippen molar-refractivity contribution < 1.29 is 4.39 Å². The predicted molar refractivity (Wildman–Crippen MR) is 73.4 cm³/mol. The molecule has 1 aliphatic rings. The van der Waals surface area contributed by atoms with E-state index in [9.17, 15) is 4.39 Å². The molecule has 2 N–H and O–H groups in total. The number of nitrogen functional groups attached to an aromatic ring is 1. The number of hydrogen-bond acceptors (Lipinski definition) is 2. The van der Waals surface area contributed by atoms with E-state index in [1.54, 1.807) is 23.9 Å². The Morgan fingerprint density at radius 3 is 2.39 bits per heavy atom. The maximum atomic E-state index is 12.9. The van der Waals surface area contributed by atoms with Gasteiger partial charge in [0.2, 0.25) is 0 Å². The third-order valence-electron chi connectivity index (χ3n) is 3.27. The monoisotopic (exact) mass is 259 g/mol. The molecular formula is C15H14FNS. The maximum Gasteiger partial charge on any atom is 0.123 e. The van der Waals surface area contributed by atoms with Gasteiger partial charge in [-0.1, -0.05) is 11.8 Å².